The van der Waals surface area contributed by atoms with Gasteiger partial charge in [-0.05, 0) is 19.1 Å². The van der Waals surface area contributed by atoms with Crippen LogP contribution in [0.4, 0.5) is 5.69 Å². The molecule has 1 aliphatic heterocycles. The molecular weight excluding hydrogens is 338 g/mol. The molecule has 1 aliphatic rings. The predicted molar refractivity (Wildman–Crippen MR) is 87.2 cm³/mol. The van der Waals surface area contributed by atoms with Crippen LogP contribution in [-0.4, -0.2) is 46.6 Å². The number of sulfonamides is 1. The minimum Gasteiger partial charge on any atom is -0.497 e. The highest BCUT2D eigenvalue weighted by Gasteiger charge is 2.38. The standard InChI is InChI=1S/C14H21N3O6S/c1-4-23-14(18)11-8-13(16-15-11)24(19,20)17-10-7-9(21-2)5-6-12(10)22-3/h5-7,11,13,15-17H,4,8H2,1-3H3. The molecule has 1 fully saturated rings. The number of methoxy groups -OCH3 is 2. The van der Waals surface area contributed by atoms with Crippen LogP contribution in [0.15, 0.2) is 18.2 Å². The van der Waals surface area contributed by atoms with Crippen molar-refractivity contribution in [3.05, 3.63) is 18.2 Å². The first-order chi connectivity index (χ1) is 11.4. The van der Waals surface area contributed by atoms with Crippen LogP contribution in [0.3, 0.4) is 0 Å². The lowest BCUT2D eigenvalue weighted by Gasteiger charge is -2.16. The summed E-state index contributed by atoms with van der Waals surface area (Å²) < 4.78 is 42.6. The van der Waals surface area contributed by atoms with Crippen molar-refractivity contribution in [1.29, 1.82) is 0 Å². The van der Waals surface area contributed by atoms with Crippen molar-refractivity contribution in [3.63, 3.8) is 0 Å². The van der Waals surface area contributed by atoms with Gasteiger partial charge in [-0.3, -0.25) is 9.52 Å². The van der Waals surface area contributed by atoms with E-state index in [0.717, 1.165) is 0 Å². The Morgan fingerprint density at radius 1 is 1.29 bits per heavy atom. The summed E-state index contributed by atoms with van der Waals surface area (Å²) in [6.45, 7) is 1.92. The van der Waals surface area contributed by atoms with Crippen molar-refractivity contribution in [3.8, 4) is 11.5 Å². The number of nitrogens with one attached hydrogen (secondary N) is 3. The molecule has 1 saturated heterocycles. The van der Waals surface area contributed by atoms with E-state index < -0.39 is 27.4 Å². The molecule has 1 aromatic carbocycles. The second-order valence-corrected chi connectivity index (χ2v) is 6.89. The minimum atomic E-state index is -3.82. The van der Waals surface area contributed by atoms with E-state index in [0.29, 0.717) is 11.5 Å². The van der Waals surface area contributed by atoms with Gasteiger partial charge < -0.3 is 14.2 Å². The second-order valence-electron chi connectivity index (χ2n) is 5.03. The van der Waals surface area contributed by atoms with Crippen LogP contribution in [0.2, 0.25) is 0 Å². The normalized spacial score (nSPS) is 20.5. The largest absolute Gasteiger partial charge is 0.497 e. The van der Waals surface area contributed by atoms with Crippen LogP contribution in [0, 0.1) is 0 Å². The number of anilines is 1. The number of hydrogen-bond donors (Lipinski definition) is 3. The van der Waals surface area contributed by atoms with Crippen molar-refractivity contribution in [2.24, 2.45) is 0 Å². The van der Waals surface area contributed by atoms with Gasteiger partial charge in [0.1, 0.15) is 22.9 Å². The van der Waals surface area contributed by atoms with Crippen LogP contribution < -0.4 is 25.0 Å². The van der Waals surface area contributed by atoms with Crippen LogP contribution in [0.25, 0.3) is 0 Å². The zero-order chi connectivity index (χ0) is 17.7. The summed E-state index contributed by atoms with van der Waals surface area (Å²) in [6, 6.07) is 4.04. The summed E-state index contributed by atoms with van der Waals surface area (Å²) >= 11 is 0. The monoisotopic (exact) mass is 359 g/mol. The van der Waals surface area contributed by atoms with Gasteiger partial charge in [0.15, 0.2) is 0 Å². The van der Waals surface area contributed by atoms with E-state index >= 15 is 0 Å². The number of hydrazine groups is 1. The fourth-order valence-electron chi connectivity index (χ4n) is 2.25. The van der Waals surface area contributed by atoms with Gasteiger partial charge in [-0.15, -0.1) is 0 Å². The van der Waals surface area contributed by atoms with Gasteiger partial charge in [0.05, 0.1) is 26.5 Å². The quantitative estimate of drug-likeness (QED) is 0.592. The van der Waals surface area contributed by atoms with Gasteiger partial charge in [-0.1, -0.05) is 0 Å². The molecule has 134 valence electrons. The Kier molecular flexibility index (Phi) is 5.86. The summed E-state index contributed by atoms with van der Waals surface area (Å²) in [5.74, 6) is 0.337. The smallest absolute Gasteiger partial charge is 0.324 e. The van der Waals surface area contributed by atoms with E-state index in [1.54, 1.807) is 19.1 Å². The molecule has 0 bridgehead atoms. The minimum absolute atomic E-state index is 0.0421. The van der Waals surface area contributed by atoms with Crippen molar-refractivity contribution in [2.75, 3.05) is 25.5 Å². The number of hydrogen-bond acceptors (Lipinski definition) is 8. The molecule has 0 spiro atoms. The summed E-state index contributed by atoms with van der Waals surface area (Å²) in [5, 5.41) is -0.997. The molecule has 3 N–H and O–H groups in total. The average molecular weight is 359 g/mol. The first kappa shape index (κ1) is 18.3. The second kappa shape index (κ2) is 7.69. The third-order valence-corrected chi connectivity index (χ3v) is 5.04. The van der Waals surface area contributed by atoms with Gasteiger partial charge in [0.25, 0.3) is 0 Å². The Labute approximate surface area is 140 Å². The Morgan fingerprint density at radius 2 is 2.04 bits per heavy atom. The van der Waals surface area contributed by atoms with Crippen molar-refractivity contribution in [1.82, 2.24) is 10.9 Å². The van der Waals surface area contributed by atoms with Crippen LogP contribution in [0.1, 0.15) is 13.3 Å². The number of esters is 1. The van der Waals surface area contributed by atoms with Crippen molar-refractivity contribution >= 4 is 21.7 Å². The number of ether oxygens (including phenoxy) is 3. The third-order valence-electron chi connectivity index (χ3n) is 3.47. The average Bonchev–Trinajstić information content (AvgIpc) is 3.05. The maximum atomic E-state index is 12.5. The van der Waals surface area contributed by atoms with Gasteiger partial charge in [-0.2, -0.15) is 0 Å². The van der Waals surface area contributed by atoms with Crippen LogP contribution in [0.5, 0.6) is 11.5 Å². The molecule has 2 atom stereocenters. The van der Waals surface area contributed by atoms with E-state index in [9.17, 15) is 13.2 Å². The molecule has 0 amide bonds. The van der Waals surface area contributed by atoms with Crippen LogP contribution in [-0.2, 0) is 19.6 Å². The lowest BCUT2D eigenvalue weighted by molar-refractivity contribution is -0.145. The van der Waals surface area contributed by atoms with Crippen LogP contribution >= 0.6 is 0 Å². The molecule has 24 heavy (non-hydrogen) atoms. The van der Waals surface area contributed by atoms with Crippen molar-refractivity contribution in [2.45, 2.75) is 24.8 Å². The van der Waals surface area contributed by atoms with Gasteiger partial charge in [-0.25, -0.2) is 19.3 Å². The summed E-state index contributed by atoms with van der Waals surface area (Å²) in [7, 11) is -0.904. The maximum Gasteiger partial charge on any atom is 0.324 e. The molecule has 1 heterocycles. The van der Waals surface area contributed by atoms with Gasteiger partial charge in [0, 0.05) is 12.5 Å². The first-order valence-electron chi connectivity index (χ1n) is 7.32. The molecule has 1 aromatic rings. The van der Waals surface area contributed by atoms with Crippen molar-refractivity contribution < 1.29 is 27.4 Å². The topological polar surface area (TPSA) is 115 Å². The summed E-state index contributed by atoms with van der Waals surface area (Å²) in [6.07, 6.45) is 0.0421. The zero-order valence-corrected chi connectivity index (χ0v) is 14.5. The molecule has 9 nitrogen and oxygen atoms in total. The van der Waals surface area contributed by atoms with E-state index in [-0.39, 0.29) is 18.7 Å². The molecule has 0 saturated carbocycles. The fourth-order valence-corrected chi connectivity index (χ4v) is 3.52. The molecule has 0 aromatic heterocycles. The number of carbonyl (C=O) groups excluding carboxylic acids is 1. The Bertz CT molecular complexity index is 694. The lowest BCUT2D eigenvalue weighted by atomic mass is 10.2. The zero-order valence-electron chi connectivity index (χ0n) is 13.7. The molecule has 2 unspecified atom stereocenters. The van der Waals surface area contributed by atoms with Gasteiger partial charge in [0.2, 0.25) is 10.0 Å². The summed E-state index contributed by atoms with van der Waals surface area (Å²) in [4.78, 5) is 11.7. The van der Waals surface area contributed by atoms with E-state index in [4.69, 9.17) is 14.2 Å². The SMILES string of the molecule is CCOC(=O)C1CC(S(=O)(=O)Nc2cc(OC)ccc2OC)NN1. The molecule has 0 aliphatic carbocycles. The maximum absolute atomic E-state index is 12.5. The summed E-state index contributed by atoms with van der Waals surface area (Å²) in [5.41, 5.74) is 5.48. The Morgan fingerprint density at radius 3 is 2.67 bits per heavy atom. The van der Waals surface area contributed by atoms with E-state index in [1.807, 2.05) is 0 Å². The Hall–Kier alpha value is -2.04. The molecule has 2 rings (SSSR count). The van der Waals surface area contributed by atoms with E-state index in [2.05, 4.69) is 15.6 Å². The number of carbonyl (C=O) groups is 1. The predicted octanol–water partition coefficient (Wildman–Crippen LogP) is 0.201. The van der Waals surface area contributed by atoms with Gasteiger partial charge >= 0.3 is 5.97 Å². The van der Waals surface area contributed by atoms with E-state index in [1.165, 1.54) is 20.3 Å². The molecule has 10 heteroatoms. The third kappa shape index (κ3) is 4.08. The first-order valence-corrected chi connectivity index (χ1v) is 8.87. The number of benzene rings is 1. The fraction of sp³-hybridized carbons (Fsp3) is 0.500. The highest BCUT2D eigenvalue weighted by atomic mass is 32.2. The lowest BCUT2D eigenvalue weighted by Crippen LogP contribution is -2.41. The highest BCUT2D eigenvalue weighted by molar-refractivity contribution is 7.93. The Balaban J connectivity index is 2.13. The molecular formula is C14H21N3O6S. The highest BCUT2D eigenvalue weighted by Crippen LogP contribution is 2.30. The molecule has 0 radical (unpaired) electrons. The number of rotatable bonds is 7.